The molecule has 0 spiro atoms. The zero-order chi connectivity index (χ0) is 18.7. The Morgan fingerprint density at radius 3 is 2.56 bits per heavy atom. The summed E-state index contributed by atoms with van der Waals surface area (Å²) in [7, 11) is 0. The van der Waals surface area contributed by atoms with Crippen LogP contribution in [0.1, 0.15) is 49.1 Å². The Labute approximate surface area is 158 Å². The number of likely N-dealkylation sites (tertiary alicyclic amines) is 1. The fraction of sp³-hybridized carbons (Fsp3) is 0.650. The average Bonchev–Trinajstić information content (AvgIpc) is 3.03. The van der Waals surface area contributed by atoms with E-state index in [1.165, 1.54) is 6.26 Å². The molecule has 142 valence electrons. The molecule has 2 amide bonds. The van der Waals surface area contributed by atoms with Gasteiger partial charge in [-0.15, -0.1) is 0 Å². The number of carbonyl (C=O) groups is 2. The predicted molar refractivity (Wildman–Crippen MR) is 95.1 cm³/mol. The van der Waals surface area contributed by atoms with E-state index in [1.807, 2.05) is 4.90 Å². The van der Waals surface area contributed by atoms with E-state index in [0.717, 1.165) is 38.5 Å². The van der Waals surface area contributed by atoms with Gasteiger partial charge in [0.25, 0.3) is 5.91 Å². The first-order valence-corrected chi connectivity index (χ1v) is 9.92. The highest BCUT2D eigenvalue weighted by atomic mass is 16.3. The smallest absolute Gasteiger partial charge is 0.290 e. The summed E-state index contributed by atoms with van der Waals surface area (Å²) < 4.78 is 5.29. The summed E-state index contributed by atoms with van der Waals surface area (Å²) in [4.78, 5) is 29.5. The third-order valence-electron chi connectivity index (χ3n) is 7.04. The lowest BCUT2D eigenvalue weighted by Crippen LogP contribution is -2.55. The number of hydrogen-bond acceptors (Lipinski definition) is 5. The van der Waals surface area contributed by atoms with Crippen molar-refractivity contribution >= 4 is 11.8 Å². The number of rotatable bonds is 3. The van der Waals surface area contributed by atoms with E-state index < -0.39 is 6.04 Å². The molecule has 5 unspecified atom stereocenters. The van der Waals surface area contributed by atoms with Crippen LogP contribution in [0.4, 0.5) is 0 Å². The van der Waals surface area contributed by atoms with Crippen molar-refractivity contribution in [2.45, 2.75) is 68.7 Å². The third kappa shape index (κ3) is 2.58. The first-order valence-electron chi connectivity index (χ1n) is 9.92. The number of hydrogen-bond donors (Lipinski definition) is 1. The number of piperidine rings is 2. The van der Waals surface area contributed by atoms with Crippen molar-refractivity contribution in [1.82, 2.24) is 9.80 Å². The van der Waals surface area contributed by atoms with E-state index in [-0.39, 0.29) is 41.9 Å². The van der Waals surface area contributed by atoms with Gasteiger partial charge in [0.2, 0.25) is 5.91 Å². The van der Waals surface area contributed by atoms with Crippen LogP contribution in [0.5, 0.6) is 0 Å². The van der Waals surface area contributed by atoms with Crippen LogP contribution >= 0.6 is 0 Å². The molecular formula is C20H24N4O3. The molecule has 2 bridgehead atoms. The van der Waals surface area contributed by atoms with Gasteiger partial charge in [-0.05, 0) is 62.5 Å². The molecule has 4 fully saturated rings. The second-order valence-corrected chi connectivity index (χ2v) is 8.52. The molecule has 27 heavy (non-hydrogen) atoms. The minimum Gasteiger partial charge on any atom is -0.459 e. The number of furan rings is 1. The minimum absolute atomic E-state index is 0.0595. The van der Waals surface area contributed by atoms with Gasteiger partial charge in [-0.2, -0.15) is 5.26 Å². The van der Waals surface area contributed by atoms with Gasteiger partial charge < -0.3 is 20.0 Å². The summed E-state index contributed by atoms with van der Waals surface area (Å²) in [5, 5.41) is 9.36. The Morgan fingerprint density at radius 2 is 1.93 bits per heavy atom. The molecule has 7 nitrogen and oxygen atoms in total. The van der Waals surface area contributed by atoms with Crippen LogP contribution in [-0.2, 0) is 4.79 Å². The summed E-state index contributed by atoms with van der Waals surface area (Å²) in [6.45, 7) is 0. The van der Waals surface area contributed by atoms with Crippen molar-refractivity contribution < 1.29 is 14.0 Å². The van der Waals surface area contributed by atoms with Gasteiger partial charge in [-0.3, -0.25) is 9.59 Å². The zero-order valence-electron chi connectivity index (χ0n) is 15.2. The number of nitriles is 1. The lowest BCUT2D eigenvalue weighted by Gasteiger charge is -2.41. The molecule has 7 heteroatoms. The van der Waals surface area contributed by atoms with Crippen LogP contribution in [0.2, 0.25) is 0 Å². The van der Waals surface area contributed by atoms with E-state index in [0.29, 0.717) is 11.7 Å². The highest BCUT2D eigenvalue weighted by Gasteiger charge is 2.56. The number of carbonyl (C=O) groups excluding carboxylic acids is 2. The monoisotopic (exact) mass is 368 g/mol. The largest absolute Gasteiger partial charge is 0.459 e. The maximum Gasteiger partial charge on any atom is 0.290 e. The molecule has 1 aliphatic carbocycles. The molecule has 3 aliphatic heterocycles. The quantitative estimate of drug-likeness (QED) is 0.871. The van der Waals surface area contributed by atoms with Gasteiger partial charge in [0.05, 0.1) is 18.4 Å². The lowest BCUT2D eigenvalue weighted by molar-refractivity contribution is -0.135. The SMILES string of the molecule is N#CC1CC2CC2N1C(=O)[C@@H](N)C1CC2CC[C@@H](C1)N2C(=O)c1ccco1. The molecule has 1 saturated carbocycles. The lowest BCUT2D eigenvalue weighted by atomic mass is 9.84. The van der Waals surface area contributed by atoms with E-state index in [4.69, 9.17) is 10.2 Å². The zero-order valence-corrected chi connectivity index (χ0v) is 15.2. The number of fused-ring (bicyclic) bond motifs is 3. The van der Waals surface area contributed by atoms with Gasteiger partial charge in [0.15, 0.2) is 5.76 Å². The standard InChI is InChI=1S/C20H24N4O3/c21-10-15-6-11-9-16(11)24(15)20(26)18(22)12-7-13-3-4-14(8-12)23(13)19(25)17-2-1-5-27-17/h1-2,5,11-16,18H,3-4,6-9,22H2/t11?,12?,13-,14?,15?,16?,18-/m0/s1. The minimum atomic E-state index is -0.579. The highest BCUT2D eigenvalue weighted by Crippen LogP contribution is 2.48. The van der Waals surface area contributed by atoms with Gasteiger partial charge in [-0.1, -0.05) is 0 Å². The molecule has 0 radical (unpaired) electrons. The summed E-state index contributed by atoms with van der Waals surface area (Å²) in [5.74, 6) is 0.805. The van der Waals surface area contributed by atoms with Crippen molar-refractivity contribution in [2.24, 2.45) is 17.6 Å². The molecular weight excluding hydrogens is 344 g/mol. The Kier molecular flexibility index (Phi) is 3.80. The highest BCUT2D eigenvalue weighted by molar-refractivity contribution is 5.92. The van der Waals surface area contributed by atoms with Crippen molar-refractivity contribution in [3.63, 3.8) is 0 Å². The first-order chi connectivity index (χ1) is 13.1. The molecule has 0 aromatic carbocycles. The van der Waals surface area contributed by atoms with E-state index in [9.17, 15) is 14.9 Å². The summed E-state index contributed by atoms with van der Waals surface area (Å²) in [6, 6.07) is 5.25. The molecule has 1 aromatic rings. The van der Waals surface area contributed by atoms with Crippen molar-refractivity contribution in [3.05, 3.63) is 24.2 Å². The number of nitrogens with zero attached hydrogens (tertiary/aromatic N) is 3. The van der Waals surface area contributed by atoms with E-state index in [1.54, 1.807) is 17.0 Å². The van der Waals surface area contributed by atoms with Gasteiger partial charge in [0, 0.05) is 18.1 Å². The Balaban J connectivity index is 1.29. The Hall–Kier alpha value is -2.33. The molecule has 2 N–H and O–H groups in total. The van der Waals surface area contributed by atoms with Gasteiger partial charge in [-0.25, -0.2) is 0 Å². The molecule has 4 heterocycles. The Bertz CT molecular complexity index is 787. The van der Waals surface area contributed by atoms with Crippen LogP contribution in [0, 0.1) is 23.2 Å². The predicted octanol–water partition coefficient (Wildman–Crippen LogP) is 1.50. The van der Waals surface area contributed by atoms with E-state index >= 15 is 0 Å². The van der Waals surface area contributed by atoms with Crippen LogP contribution < -0.4 is 5.73 Å². The van der Waals surface area contributed by atoms with Crippen LogP contribution in [0.25, 0.3) is 0 Å². The molecule has 4 aliphatic rings. The second kappa shape index (κ2) is 6.10. The summed E-state index contributed by atoms with van der Waals surface area (Å²) in [6.07, 6.45) is 6.71. The van der Waals surface area contributed by atoms with Crippen molar-refractivity contribution in [3.8, 4) is 6.07 Å². The van der Waals surface area contributed by atoms with Crippen LogP contribution in [0.3, 0.4) is 0 Å². The fourth-order valence-corrected chi connectivity index (χ4v) is 5.63. The van der Waals surface area contributed by atoms with Crippen LogP contribution in [0.15, 0.2) is 22.8 Å². The van der Waals surface area contributed by atoms with Gasteiger partial charge in [0.1, 0.15) is 6.04 Å². The van der Waals surface area contributed by atoms with Gasteiger partial charge >= 0.3 is 0 Å². The molecule has 5 rings (SSSR count). The molecule has 1 aromatic heterocycles. The number of nitrogens with two attached hydrogens (primary N) is 1. The number of amides is 2. The normalized spacial score (nSPS) is 37.6. The van der Waals surface area contributed by atoms with Crippen molar-refractivity contribution in [1.29, 1.82) is 5.26 Å². The maximum absolute atomic E-state index is 13.0. The molecule has 7 atom stereocenters. The fourth-order valence-electron chi connectivity index (χ4n) is 5.63. The Morgan fingerprint density at radius 1 is 1.19 bits per heavy atom. The summed E-state index contributed by atoms with van der Waals surface area (Å²) >= 11 is 0. The topological polar surface area (TPSA) is 104 Å². The second-order valence-electron chi connectivity index (χ2n) is 8.52. The first kappa shape index (κ1) is 16.8. The summed E-state index contributed by atoms with van der Waals surface area (Å²) in [5.41, 5.74) is 6.42. The maximum atomic E-state index is 13.0. The molecule has 3 saturated heterocycles. The van der Waals surface area contributed by atoms with Crippen LogP contribution in [-0.4, -0.2) is 51.8 Å². The van der Waals surface area contributed by atoms with Crippen molar-refractivity contribution in [2.75, 3.05) is 0 Å². The van der Waals surface area contributed by atoms with E-state index in [2.05, 4.69) is 6.07 Å². The third-order valence-corrected chi connectivity index (χ3v) is 7.04. The average molecular weight is 368 g/mol.